The maximum absolute atomic E-state index is 11.6. The summed E-state index contributed by atoms with van der Waals surface area (Å²) in [5, 5.41) is 3.89. The Bertz CT molecular complexity index is 373. The average Bonchev–Trinajstić information content (AvgIpc) is 2.83. The first-order chi connectivity index (χ1) is 7.77. The van der Waals surface area contributed by atoms with Gasteiger partial charge in [0.2, 0.25) is 0 Å². The molecule has 86 valence electrons. The second-order valence-corrected chi connectivity index (χ2v) is 3.95. The van der Waals surface area contributed by atoms with Crippen molar-refractivity contribution in [3.63, 3.8) is 0 Å². The highest BCUT2D eigenvalue weighted by atomic mass is 32.1. The van der Waals surface area contributed by atoms with Crippen LogP contribution in [0.15, 0.2) is 10.9 Å². The van der Waals surface area contributed by atoms with Crippen LogP contribution >= 0.6 is 11.3 Å². The molecule has 1 aliphatic rings. The SMILES string of the molecule is O=C(NC(=O)N1CCOCC1)c1cscn1. The van der Waals surface area contributed by atoms with Gasteiger partial charge in [-0.3, -0.25) is 10.1 Å². The number of amides is 3. The Hall–Kier alpha value is -1.47. The van der Waals surface area contributed by atoms with Crippen LogP contribution in [0.5, 0.6) is 0 Å². The molecule has 6 nitrogen and oxygen atoms in total. The van der Waals surface area contributed by atoms with Crippen molar-refractivity contribution >= 4 is 23.3 Å². The Morgan fingerprint density at radius 1 is 1.44 bits per heavy atom. The van der Waals surface area contributed by atoms with Crippen molar-refractivity contribution in [1.29, 1.82) is 0 Å². The van der Waals surface area contributed by atoms with Crippen molar-refractivity contribution in [1.82, 2.24) is 15.2 Å². The molecule has 3 amide bonds. The van der Waals surface area contributed by atoms with Crippen molar-refractivity contribution in [3.05, 3.63) is 16.6 Å². The van der Waals surface area contributed by atoms with Gasteiger partial charge in [-0.25, -0.2) is 9.78 Å². The molecule has 0 aromatic carbocycles. The molecule has 0 spiro atoms. The number of carbonyl (C=O) groups is 2. The summed E-state index contributed by atoms with van der Waals surface area (Å²) in [6.07, 6.45) is 0. The van der Waals surface area contributed by atoms with E-state index in [-0.39, 0.29) is 11.7 Å². The normalized spacial score (nSPS) is 15.9. The predicted molar refractivity (Wildman–Crippen MR) is 57.4 cm³/mol. The number of aromatic nitrogens is 1. The first-order valence-electron chi connectivity index (χ1n) is 4.83. The van der Waals surface area contributed by atoms with E-state index in [1.165, 1.54) is 11.3 Å². The molecule has 1 N–H and O–H groups in total. The van der Waals surface area contributed by atoms with E-state index in [1.54, 1.807) is 15.8 Å². The molecule has 0 bridgehead atoms. The van der Waals surface area contributed by atoms with Gasteiger partial charge in [-0.2, -0.15) is 0 Å². The number of imide groups is 1. The third kappa shape index (κ3) is 2.56. The van der Waals surface area contributed by atoms with Crippen LogP contribution in [0, 0.1) is 0 Å². The van der Waals surface area contributed by atoms with Crippen molar-refractivity contribution in [2.75, 3.05) is 26.3 Å². The molecule has 1 aliphatic heterocycles. The lowest BCUT2D eigenvalue weighted by Crippen LogP contribution is -2.48. The minimum Gasteiger partial charge on any atom is -0.378 e. The number of nitrogens with zero attached hydrogens (tertiary/aromatic N) is 2. The topological polar surface area (TPSA) is 71.5 Å². The van der Waals surface area contributed by atoms with E-state index in [4.69, 9.17) is 4.74 Å². The van der Waals surface area contributed by atoms with Gasteiger partial charge in [0, 0.05) is 18.5 Å². The van der Waals surface area contributed by atoms with Crippen LogP contribution in [0.3, 0.4) is 0 Å². The van der Waals surface area contributed by atoms with E-state index in [0.717, 1.165) is 0 Å². The monoisotopic (exact) mass is 241 g/mol. The number of hydrogen-bond acceptors (Lipinski definition) is 5. The minimum atomic E-state index is -0.460. The second kappa shape index (κ2) is 5.04. The zero-order valence-electron chi connectivity index (χ0n) is 8.51. The molecular formula is C9H11N3O3S. The lowest BCUT2D eigenvalue weighted by Gasteiger charge is -2.26. The van der Waals surface area contributed by atoms with Crippen LogP contribution in [0.4, 0.5) is 4.79 Å². The minimum absolute atomic E-state index is 0.270. The lowest BCUT2D eigenvalue weighted by molar-refractivity contribution is 0.0523. The van der Waals surface area contributed by atoms with Crippen molar-refractivity contribution in [2.45, 2.75) is 0 Å². The Kier molecular flexibility index (Phi) is 3.47. The van der Waals surface area contributed by atoms with E-state index in [9.17, 15) is 9.59 Å². The largest absolute Gasteiger partial charge is 0.378 e. The Morgan fingerprint density at radius 3 is 2.81 bits per heavy atom. The molecule has 2 heterocycles. The van der Waals surface area contributed by atoms with Crippen LogP contribution in [0.1, 0.15) is 10.5 Å². The van der Waals surface area contributed by atoms with E-state index in [2.05, 4.69) is 10.3 Å². The quantitative estimate of drug-likeness (QED) is 0.769. The van der Waals surface area contributed by atoms with Gasteiger partial charge in [-0.15, -0.1) is 11.3 Å². The predicted octanol–water partition coefficient (Wildman–Crippen LogP) is 0.325. The maximum Gasteiger partial charge on any atom is 0.324 e. The molecule has 2 rings (SSSR count). The summed E-state index contributed by atoms with van der Waals surface area (Å²) < 4.78 is 5.11. The highest BCUT2D eigenvalue weighted by molar-refractivity contribution is 7.07. The van der Waals surface area contributed by atoms with E-state index in [1.807, 2.05) is 0 Å². The number of thiazole rings is 1. The highest BCUT2D eigenvalue weighted by Crippen LogP contribution is 2.02. The lowest BCUT2D eigenvalue weighted by atomic mass is 10.4. The van der Waals surface area contributed by atoms with Crippen molar-refractivity contribution < 1.29 is 14.3 Å². The van der Waals surface area contributed by atoms with Crippen LogP contribution in [-0.2, 0) is 4.74 Å². The van der Waals surface area contributed by atoms with Crippen molar-refractivity contribution in [2.24, 2.45) is 0 Å². The van der Waals surface area contributed by atoms with Gasteiger partial charge < -0.3 is 9.64 Å². The summed E-state index contributed by atoms with van der Waals surface area (Å²) in [7, 11) is 0. The number of morpholine rings is 1. The van der Waals surface area contributed by atoms with Gasteiger partial charge in [0.25, 0.3) is 5.91 Å². The van der Waals surface area contributed by atoms with E-state index < -0.39 is 5.91 Å². The third-order valence-corrected chi connectivity index (χ3v) is 2.77. The van der Waals surface area contributed by atoms with Gasteiger partial charge in [0.05, 0.1) is 18.7 Å². The molecule has 0 saturated carbocycles. The van der Waals surface area contributed by atoms with Gasteiger partial charge in [-0.05, 0) is 0 Å². The number of rotatable bonds is 1. The van der Waals surface area contributed by atoms with Crippen LogP contribution in [-0.4, -0.2) is 48.1 Å². The standard InChI is InChI=1S/C9H11N3O3S/c13-8(7-5-16-6-10-7)11-9(14)12-1-3-15-4-2-12/h5-6H,1-4H2,(H,11,13,14). The number of nitrogens with one attached hydrogen (secondary N) is 1. The molecule has 0 atom stereocenters. The number of hydrogen-bond donors (Lipinski definition) is 1. The maximum atomic E-state index is 11.6. The van der Waals surface area contributed by atoms with Gasteiger partial charge in [0.15, 0.2) is 0 Å². The molecule has 1 fully saturated rings. The first-order valence-corrected chi connectivity index (χ1v) is 5.78. The molecule has 0 aliphatic carbocycles. The first kappa shape index (κ1) is 11.0. The summed E-state index contributed by atoms with van der Waals surface area (Å²) in [4.78, 5) is 28.5. The zero-order chi connectivity index (χ0) is 11.4. The Labute approximate surface area is 96.2 Å². The van der Waals surface area contributed by atoms with Crippen molar-refractivity contribution in [3.8, 4) is 0 Å². The summed E-state index contributed by atoms with van der Waals surface area (Å²) in [5.74, 6) is -0.460. The molecular weight excluding hydrogens is 230 g/mol. The number of ether oxygens (including phenoxy) is 1. The molecule has 1 aromatic rings. The molecule has 1 aromatic heterocycles. The molecule has 0 unspecified atom stereocenters. The number of urea groups is 1. The smallest absolute Gasteiger partial charge is 0.324 e. The van der Waals surface area contributed by atoms with E-state index >= 15 is 0 Å². The Balaban J connectivity index is 1.89. The molecule has 0 radical (unpaired) electrons. The summed E-state index contributed by atoms with van der Waals surface area (Å²) in [6.45, 7) is 2.04. The van der Waals surface area contributed by atoms with E-state index in [0.29, 0.717) is 26.3 Å². The summed E-state index contributed by atoms with van der Waals surface area (Å²) in [6, 6.07) is -0.388. The Morgan fingerprint density at radius 2 is 2.19 bits per heavy atom. The van der Waals surface area contributed by atoms with Gasteiger partial charge >= 0.3 is 6.03 Å². The molecule has 1 saturated heterocycles. The average molecular weight is 241 g/mol. The third-order valence-electron chi connectivity index (χ3n) is 2.18. The van der Waals surface area contributed by atoms with Gasteiger partial charge in [0.1, 0.15) is 5.69 Å². The van der Waals surface area contributed by atoms with Gasteiger partial charge in [-0.1, -0.05) is 0 Å². The highest BCUT2D eigenvalue weighted by Gasteiger charge is 2.19. The van der Waals surface area contributed by atoms with Crippen LogP contribution in [0.25, 0.3) is 0 Å². The molecule has 7 heteroatoms. The fraction of sp³-hybridized carbons (Fsp3) is 0.444. The summed E-state index contributed by atoms with van der Waals surface area (Å²) >= 11 is 1.31. The zero-order valence-corrected chi connectivity index (χ0v) is 9.33. The van der Waals surface area contributed by atoms with Crippen LogP contribution in [0.2, 0.25) is 0 Å². The number of carbonyl (C=O) groups excluding carboxylic acids is 2. The molecule has 16 heavy (non-hydrogen) atoms. The fourth-order valence-electron chi connectivity index (χ4n) is 1.33. The second-order valence-electron chi connectivity index (χ2n) is 3.23. The van der Waals surface area contributed by atoms with Crippen LogP contribution < -0.4 is 5.32 Å². The summed E-state index contributed by atoms with van der Waals surface area (Å²) in [5.41, 5.74) is 1.82. The fourth-order valence-corrected chi connectivity index (χ4v) is 1.86.